The van der Waals surface area contributed by atoms with E-state index in [4.69, 9.17) is 25.9 Å². The summed E-state index contributed by atoms with van der Waals surface area (Å²) in [5.41, 5.74) is 14.8. The molecule has 0 unspecified atom stereocenters. The Bertz CT molecular complexity index is 1610. The van der Waals surface area contributed by atoms with Gasteiger partial charge >= 0.3 is 0 Å². The molecule has 1 aliphatic heterocycles. The van der Waals surface area contributed by atoms with E-state index in [0.29, 0.717) is 40.2 Å². The van der Waals surface area contributed by atoms with Gasteiger partial charge in [-0.25, -0.2) is 19.3 Å². The lowest BCUT2D eigenvalue weighted by molar-refractivity contribution is -0.0370. The number of nitrogens with zero attached hydrogens (tertiary/aromatic N) is 6. The van der Waals surface area contributed by atoms with E-state index >= 15 is 0 Å². The minimum atomic E-state index is -0.528. The van der Waals surface area contributed by atoms with Crippen LogP contribution in [0.4, 0.5) is 5.82 Å². The molecule has 37 heavy (non-hydrogen) atoms. The third-order valence-electron chi connectivity index (χ3n) is 6.54. The number of anilines is 1. The molecule has 0 bridgehead atoms. The summed E-state index contributed by atoms with van der Waals surface area (Å²) in [6.45, 7) is 2.60. The van der Waals surface area contributed by atoms with Gasteiger partial charge in [-0.15, -0.1) is 0 Å². The third kappa shape index (κ3) is 4.23. The van der Waals surface area contributed by atoms with Crippen LogP contribution in [0.5, 0.6) is 5.75 Å². The number of ether oxygens (including phenoxy) is 2. The zero-order valence-electron chi connectivity index (χ0n) is 20.2. The highest BCUT2D eigenvalue weighted by molar-refractivity contribution is 5.97. The summed E-state index contributed by atoms with van der Waals surface area (Å²) in [4.78, 5) is 21.1. The first-order valence-corrected chi connectivity index (χ1v) is 12.1. The van der Waals surface area contributed by atoms with Crippen molar-refractivity contribution in [1.29, 1.82) is 0 Å². The topological polar surface area (TPSA) is 149 Å². The summed E-state index contributed by atoms with van der Waals surface area (Å²) in [7, 11) is 0. The highest BCUT2D eigenvalue weighted by atomic mass is 16.5. The van der Waals surface area contributed by atoms with Crippen molar-refractivity contribution in [3.8, 4) is 11.4 Å². The van der Waals surface area contributed by atoms with E-state index in [-0.39, 0.29) is 12.0 Å². The number of pyridine rings is 2. The molecule has 5 heterocycles. The Hall–Kier alpha value is -4.51. The summed E-state index contributed by atoms with van der Waals surface area (Å²) in [5, 5.41) is 10.6. The van der Waals surface area contributed by atoms with Crippen molar-refractivity contribution in [1.82, 2.24) is 29.5 Å². The van der Waals surface area contributed by atoms with Crippen molar-refractivity contribution in [3.63, 3.8) is 0 Å². The Kier molecular flexibility index (Phi) is 5.68. The van der Waals surface area contributed by atoms with Gasteiger partial charge in [-0.05, 0) is 62.6 Å². The lowest BCUT2D eigenvalue weighted by Gasteiger charge is -2.24. The van der Waals surface area contributed by atoms with Crippen LogP contribution < -0.4 is 16.2 Å². The fourth-order valence-corrected chi connectivity index (χ4v) is 4.67. The molecule has 2 atom stereocenters. The highest BCUT2D eigenvalue weighted by Crippen LogP contribution is 2.33. The van der Waals surface area contributed by atoms with Gasteiger partial charge in [0.05, 0.1) is 17.4 Å². The van der Waals surface area contributed by atoms with Gasteiger partial charge in [-0.3, -0.25) is 4.79 Å². The number of primary amides is 1. The molecule has 0 aliphatic carbocycles. The van der Waals surface area contributed by atoms with Gasteiger partial charge in [0, 0.05) is 35.3 Å². The van der Waals surface area contributed by atoms with Crippen LogP contribution in [0.2, 0.25) is 0 Å². The summed E-state index contributed by atoms with van der Waals surface area (Å²) in [6.07, 6.45) is 7.68. The standard InChI is InChI=1S/C26H26N8O3/c1-15(37-21-13-17-11-16(25(28)35)6-7-19(17)31-24(21)27)23-20(33-9-4-8-29-33)12-18-14-30-34(26(18)32-23)22-5-2-3-10-36-22/h4,6-9,11-15,22H,2-3,5,10H2,1H3,(H2,27,31)(H2,28,35)/t15-,22-/m0/s1. The average molecular weight is 499 g/mol. The Morgan fingerprint density at radius 1 is 1.16 bits per heavy atom. The number of hydrogen-bond acceptors (Lipinski definition) is 8. The average Bonchev–Trinajstić information content (AvgIpc) is 3.58. The van der Waals surface area contributed by atoms with Gasteiger partial charge < -0.3 is 20.9 Å². The van der Waals surface area contributed by atoms with Crippen LogP contribution in [-0.2, 0) is 4.74 Å². The number of carbonyl (C=O) groups excluding carboxylic acids is 1. The number of hydrogen-bond donors (Lipinski definition) is 2. The van der Waals surface area contributed by atoms with Crippen LogP contribution in [0.25, 0.3) is 27.6 Å². The second-order valence-electron chi connectivity index (χ2n) is 9.07. The Labute approximate surface area is 212 Å². The van der Waals surface area contributed by atoms with Crippen molar-refractivity contribution in [2.24, 2.45) is 5.73 Å². The molecule has 4 aromatic heterocycles. The maximum Gasteiger partial charge on any atom is 0.248 e. The van der Waals surface area contributed by atoms with Gasteiger partial charge in [-0.2, -0.15) is 10.2 Å². The maximum atomic E-state index is 11.6. The smallest absolute Gasteiger partial charge is 0.248 e. The van der Waals surface area contributed by atoms with Crippen LogP contribution in [-0.4, -0.2) is 42.0 Å². The molecule has 1 aromatic carbocycles. The van der Waals surface area contributed by atoms with Gasteiger partial charge in [0.2, 0.25) is 5.91 Å². The summed E-state index contributed by atoms with van der Waals surface area (Å²) in [5.74, 6) is 0.0853. The fourth-order valence-electron chi connectivity index (χ4n) is 4.67. The molecule has 4 N–H and O–H groups in total. The number of benzene rings is 1. The highest BCUT2D eigenvalue weighted by Gasteiger charge is 2.24. The lowest BCUT2D eigenvalue weighted by Crippen LogP contribution is -2.20. The molecule has 5 aromatic rings. The summed E-state index contributed by atoms with van der Waals surface area (Å²) >= 11 is 0. The van der Waals surface area contributed by atoms with Gasteiger partial charge in [0.1, 0.15) is 11.8 Å². The van der Waals surface area contributed by atoms with Crippen molar-refractivity contribution >= 4 is 33.7 Å². The van der Waals surface area contributed by atoms with E-state index in [0.717, 1.165) is 30.3 Å². The molecule has 6 rings (SSSR count). The molecule has 0 radical (unpaired) electrons. The van der Waals surface area contributed by atoms with Crippen molar-refractivity contribution < 1.29 is 14.3 Å². The molecule has 1 saturated heterocycles. The molecule has 0 saturated carbocycles. The molecule has 11 heteroatoms. The predicted octanol–water partition coefficient (Wildman–Crippen LogP) is 3.69. The number of fused-ring (bicyclic) bond motifs is 2. The molecule has 1 fully saturated rings. The Balaban J connectivity index is 1.42. The second-order valence-corrected chi connectivity index (χ2v) is 9.07. The monoisotopic (exact) mass is 498 g/mol. The number of rotatable bonds is 6. The maximum absolute atomic E-state index is 11.6. The number of nitrogens with two attached hydrogens (primary N) is 2. The number of amides is 1. The first kappa shape index (κ1) is 22.9. The molecule has 1 amide bonds. The van der Waals surface area contributed by atoms with Gasteiger partial charge in [-0.1, -0.05) is 0 Å². The molecule has 188 valence electrons. The normalized spacial score (nSPS) is 16.7. The number of carbonyl (C=O) groups is 1. The second kappa shape index (κ2) is 9.17. The molecular formula is C26H26N8O3. The minimum absolute atomic E-state index is 0.154. The van der Waals surface area contributed by atoms with Crippen LogP contribution >= 0.6 is 0 Å². The molecule has 0 spiro atoms. The number of nitrogen functional groups attached to an aromatic ring is 1. The fraction of sp³-hybridized carbons (Fsp3) is 0.269. The van der Waals surface area contributed by atoms with E-state index in [9.17, 15) is 4.79 Å². The lowest BCUT2D eigenvalue weighted by atomic mass is 10.1. The van der Waals surface area contributed by atoms with Gasteiger partial charge in [0.25, 0.3) is 0 Å². The zero-order chi connectivity index (χ0) is 25.5. The Morgan fingerprint density at radius 2 is 2.05 bits per heavy atom. The first-order valence-electron chi connectivity index (χ1n) is 12.1. The minimum Gasteiger partial charge on any atom is -0.480 e. The van der Waals surface area contributed by atoms with Crippen LogP contribution in [0.15, 0.2) is 55.0 Å². The quantitative estimate of drug-likeness (QED) is 0.360. The summed E-state index contributed by atoms with van der Waals surface area (Å²) < 4.78 is 15.9. The Morgan fingerprint density at radius 3 is 2.81 bits per heavy atom. The van der Waals surface area contributed by atoms with Gasteiger partial charge in [0.15, 0.2) is 23.4 Å². The summed E-state index contributed by atoms with van der Waals surface area (Å²) in [6, 6.07) is 10.6. The largest absolute Gasteiger partial charge is 0.480 e. The van der Waals surface area contributed by atoms with E-state index < -0.39 is 12.0 Å². The molecular weight excluding hydrogens is 472 g/mol. The van der Waals surface area contributed by atoms with E-state index in [1.165, 1.54) is 0 Å². The van der Waals surface area contributed by atoms with Crippen LogP contribution in [0, 0.1) is 0 Å². The van der Waals surface area contributed by atoms with E-state index in [1.807, 2.05) is 29.9 Å². The van der Waals surface area contributed by atoms with E-state index in [2.05, 4.69) is 15.2 Å². The van der Waals surface area contributed by atoms with E-state index in [1.54, 1.807) is 41.3 Å². The first-order chi connectivity index (χ1) is 18.0. The van der Waals surface area contributed by atoms with Crippen molar-refractivity contribution in [3.05, 3.63) is 66.2 Å². The van der Waals surface area contributed by atoms with Crippen molar-refractivity contribution in [2.45, 2.75) is 38.5 Å². The van der Waals surface area contributed by atoms with Crippen LogP contribution in [0.3, 0.4) is 0 Å². The third-order valence-corrected chi connectivity index (χ3v) is 6.54. The van der Waals surface area contributed by atoms with Crippen molar-refractivity contribution in [2.75, 3.05) is 12.3 Å². The molecule has 11 nitrogen and oxygen atoms in total. The number of aromatic nitrogens is 6. The zero-order valence-corrected chi connectivity index (χ0v) is 20.2. The predicted molar refractivity (Wildman–Crippen MR) is 137 cm³/mol. The SMILES string of the molecule is C[C@H](Oc1cc2cc(C(N)=O)ccc2nc1N)c1nc2c(cnn2[C@@H]2CCCCO2)cc1-n1cccn1. The van der Waals surface area contributed by atoms with Crippen LogP contribution in [0.1, 0.15) is 54.6 Å². The molecule has 1 aliphatic rings.